The fourth-order valence-electron chi connectivity index (χ4n) is 3.46. The molecule has 0 spiro atoms. The number of aryl methyl sites for hydroxylation is 3. The number of amides is 1. The Bertz CT molecular complexity index is 1430. The fraction of sp³-hybridized carbons (Fsp3) is 0.167. The lowest BCUT2D eigenvalue weighted by molar-refractivity contribution is -0.114. The van der Waals surface area contributed by atoms with E-state index in [1.54, 1.807) is 37.3 Å². The molecule has 0 bridgehead atoms. The van der Waals surface area contributed by atoms with E-state index >= 15 is 0 Å². The van der Waals surface area contributed by atoms with Crippen LogP contribution in [0.1, 0.15) is 29.2 Å². The lowest BCUT2D eigenvalue weighted by Gasteiger charge is -2.13. The van der Waals surface area contributed by atoms with Gasteiger partial charge in [-0.3, -0.25) is 14.6 Å². The summed E-state index contributed by atoms with van der Waals surface area (Å²) in [7, 11) is 0. The Balaban J connectivity index is 1.81. The second kappa shape index (κ2) is 7.81. The largest absolute Gasteiger partial charge is 0.494 e. The minimum absolute atomic E-state index is 0.151. The molecule has 32 heavy (non-hydrogen) atoms. The number of hydrogen-bond donors (Lipinski definition) is 2. The van der Waals surface area contributed by atoms with Crippen LogP contribution in [0.4, 0.5) is 5.69 Å². The molecule has 0 saturated carbocycles. The van der Waals surface area contributed by atoms with Crippen LogP contribution < -0.4 is 16.3 Å². The maximum Gasteiger partial charge on any atom is 0.335 e. The third-order valence-corrected chi connectivity index (χ3v) is 5.50. The zero-order chi connectivity index (χ0) is 23.2. The van der Waals surface area contributed by atoms with Crippen molar-refractivity contribution < 1.29 is 9.90 Å². The van der Waals surface area contributed by atoms with E-state index in [2.05, 4.69) is 10.1 Å². The molecular weight excluding hydrogens is 408 g/mol. The van der Waals surface area contributed by atoms with Gasteiger partial charge >= 0.3 is 5.69 Å². The molecule has 0 unspecified atom stereocenters. The lowest BCUT2D eigenvalue weighted by Crippen LogP contribution is -2.30. The van der Waals surface area contributed by atoms with E-state index in [4.69, 9.17) is 0 Å². The maximum absolute atomic E-state index is 13.1. The smallest absolute Gasteiger partial charge is 0.335 e. The van der Waals surface area contributed by atoms with Gasteiger partial charge in [-0.25, -0.2) is 9.36 Å². The number of nitrogens with one attached hydrogen (secondary N) is 1. The van der Waals surface area contributed by atoms with Crippen LogP contribution in [0.5, 0.6) is 5.88 Å². The van der Waals surface area contributed by atoms with Crippen molar-refractivity contribution in [3.63, 3.8) is 0 Å². The first kappa shape index (κ1) is 21.0. The number of nitrogens with zero attached hydrogens (tertiary/aromatic N) is 3. The first-order chi connectivity index (χ1) is 15.2. The van der Waals surface area contributed by atoms with Crippen LogP contribution in [-0.2, 0) is 4.79 Å². The molecule has 2 aromatic carbocycles. The van der Waals surface area contributed by atoms with Gasteiger partial charge in [0, 0.05) is 0 Å². The number of anilines is 1. The highest BCUT2D eigenvalue weighted by atomic mass is 16.3. The fourth-order valence-corrected chi connectivity index (χ4v) is 3.46. The van der Waals surface area contributed by atoms with E-state index in [0.717, 1.165) is 21.3 Å². The molecule has 162 valence electrons. The molecule has 1 amide bonds. The maximum atomic E-state index is 13.1. The summed E-state index contributed by atoms with van der Waals surface area (Å²) >= 11 is 0. The van der Waals surface area contributed by atoms with Gasteiger partial charge in [-0.1, -0.05) is 23.8 Å². The van der Waals surface area contributed by atoms with Gasteiger partial charge in [0.05, 0.1) is 22.7 Å². The lowest BCUT2D eigenvalue weighted by atomic mass is 10.1. The number of carbonyl (C=O) groups excluding carboxylic acids is 1. The normalized spacial score (nSPS) is 14.9. The van der Waals surface area contributed by atoms with Gasteiger partial charge in [0.1, 0.15) is 5.56 Å². The van der Waals surface area contributed by atoms with Crippen molar-refractivity contribution >= 4 is 23.4 Å². The first-order valence-corrected chi connectivity index (χ1v) is 10.0. The number of carbonyl (C=O) groups is 1. The quantitative estimate of drug-likeness (QED) is 0.623. The minimum atomic E-state index is -0.798. The van der Waals surface area contributed by atoms with E-state index in [9.17, 15) is 19.5 Å². The molecule has 0 fully saturated rings. The molecule has 8 nitrogen and oxygen atoms in total. The summed E-state index contributed by atoms with van der Waals surface area (Å²) in [6.45, 7) is 7.46. The second-order valence-electron chi connectivity index (χ2n) is 7.80. The molecule has 1 aliphatic heterocycles. The molecule has 2 heterocycles. The molecular formula is C24H22N4O4. The number of benzene rings is 2. The number of hydrogen-bond acceptors (Lipinski definition) is 5. The van der Waals surface area contributed by atoms with Crippen molar-refractivity contribution in [2.24, 2.45) is 5.10 Å². The van der Waals surface area contributed by atoms with Gasteiger partial charge < -0.3 is 5.11 Å². The van der Waals surface area contributed by atoms with Crippen molar-refractivity contribution in [1.29, 1.82) is 0 Å². The molecule has 0 saturated heterocycles. The average Bonchev–Trinajstić information content (AvgIpc) is 3.02. The molecule has 0 aliphatic carbocycles. The van der Waals surface area contributed by atoms with E-state index in [0.29, 0.717) is 17.1 Å². The Labute approximate surface area is 183 Å². The van der Waals surface area contributed by atoms with E-state index in [1.807, 2.05) is 32.9 Å². The second-order valence-corrected chi connectivity index (χ2v) is 7.80. The summed E-state index contributed by atoms with van der Waals surface area (Å²) < 4.78 is 0.986. The molecule has 1 aromatic heterocycles. The number of hydrazone groups is 1. The zero-order valence-electron chi connectivity index (χ0n) is 18.1. The van der Waals surface area contributed by atoms with Gasteiger partial charge in [-0.05, 0) is 69.2 Å². The Morgan fingerprint density at radius 2 is 1.56 bits per heavy atom. The molecule has 0 radical (unpaired) electrons. The monoisotopic (exact) mass is 430 g/mol. The Kier molecular flexibility index (Phi) is 5.14. The van der Waals surface area contributed by atoms with Crippen molar-refractivity contribution in [1.82, 2.24) is 9.55 Å². The van der Waals surface area contributed by atoms with Crippen LogP contribution in [0.25, 0.3) is 11.8 Å². The molecule has 1 aliphatic rings. The van der Waals surface area contributed by atoms with Crippen LogP contribution in [-0.4, -0.2) is 26.3 Å². The van der Waals surface area contributed by atoms with Gasteiger partial charge in [0.15, 0.2) is 0 Å². The Hall–Kier alpha value is -4.20. The zero-order valence-corrected chi connectivity index (χ0v) is 18.1. The molecule has 4 rings (SSSR count). The third kappa shape index (κ3) is 3.56. The Morgan fingerprint density at radius 3 is 2.22 bits per heavy atom. The minimum Gasteiger partial charge on any atom is -0.494 e. The van der Waals surface area contributed by atoms with Crippen molar-refractivity contribution in [3.05, 3.63) is 91.1 Å². The van der Waals surface area contributed by atoms with E-state index in [-0.39, 0.29) is 11.1 Å². The summed E-state index contributed by atoms with van der Waals surface area (Å²) in [6.07, 6.45) is 1.26. The highest BCUT2D eigenvalue weighted by Crippen LogP contribution is 2.27. The number of aromatic nitrogens is 2. The first-order valence-electron chi connectivity index (χ1n) is 10.0. The topological polar surface area (TPSA) is 108 Å². The average molecular weight is 430 g/mol. The van der Waals surface area contributed by atoms with Crippen LogP contribution in [0.2, 0.25) is 0 Å². The summed E-state index contributed by atoms with van der Waals surface area (Å²) in [5.41, 5.74) is 2.82. The van der Waals surface area contributed by atoms with Gasteiger partial charge in [-0.2, -0.15) is 10.1 Å². The van der Waals surface area contributed by atoms with Crippen LogP contribution >= 0.6 is 0 Å². The highest BCUT2D eigenvalue weighted by molar-refractivity contribution is 6.32. The molecule has 0 atom stereocenters. The summed E-state index contributed by atoms with van der Waals surface area (Å²) in [5, 5.41) is 16.4. The van der Waals surface area contributed by atoms with E-state index < -0.39 is 23.0 Å². The standard InChI is InChI=1S/C24H22N4O4/c1-13-5-8-17(9-6-13)27-22(30)20(21(29)25-24(27)32)12-19-16(4)26-28(23(19)31)18-10-7-14(2)15(3)11-18/h5-12,30H,1-4H3,(H,25,29,32). The number of aromatic hydroxyl groups is 1. The summed E-state index contributed by atoms with van der Waals surface area (Å²) in [4.78, 5) is 40.2. The molecule has 8 heteroatoms. The van der Waals surface area contributed by atoms with Gasteiger partial charge in [0.25, 0.3) is 11.5 Å². The van der Waals surface area contributed by atoms with Crippen LogP contribution in [0, 0.1) is 20.8 Å². The summed E-state index contributed by atoms with van der Waals surface area (Å²) in [6, 6.07) is 12.4. The van der Waals surface area contributed by atoms with Crippen molar-refractivity contribution in [2.75, 3.05) is 5.01 Å². The third-order valence-electron chi connectivity index (χ3n) is 5.50. The van der Waals surface area contributed by atoms with Crippen molar-refractivity contribution in [2.45, 2.75) is 27.7 Å². The Morgan fingerprint density at radius 1 is 0.906 bits per heavy atom. The van der Waals surface area contributed by atoms with Crippen LogP contribution in [0.3, 0.4) is 0 Å². The SMILES string of the molecule is CC1=NN(c2ccc(C)c(C)c2)C(=O)C1=Cc1c(O)n(-c2ccc(C)cc2)c(=O)[nH]c1=O. The molecule has 2 N–H and O–H groups in total. The number of rotatable bonds is 3. The van der Waals surface area contributed by atoms with Crippen molar-refractivity contribution in [3.8, 4) is 11.6 Å². The number of H-pyrrole nitrogens is 1. The predicted molar refractivity (Wildman–Crippen MR) is 124 cm³/mol. The van der Waals surface area contributed by atoms with Gasteiger partial charge in [0.2, 0.25) is 5.88 Å². The highest BCUT2D eigenvalue weighted by Gasteiger charge is 2.30. The molecule has 3 aromatic rings. The van der Waals surface area contributed by atoms with E-state index in [1.165, 1.54) is 11.1 Å². The van der Waals surface area contributed by atoms with Crippen LogP contribution in [0.15, 0.2) is 62.7 Å². The predicted octanol–water partition coefficient (Wildman–Crippen LogP) is 2.96. The van der Waals surface area contributed by atoms with Gasteiger partial charge in [-0.15, -0.1) is 0 Å². The number of aromatic amines is 1. The summed E-state index contributed by atoms with van der Waals surface area (Å²) in [5.74, 6) is -0.988.